The van der Waals surface area contributed by atoms with Crippen molar-refractivity contribution >= 4 is 57.6 Å². The second kappa shape index (κ2) is 11.6. The lowest BCUT2D eigenvalue weighted by Crippen LogP contribution is -2.50. The average molecular weight is 549 g/mol. The highest BCUT2D eigenvalue weighted by Crippen LogP contribution is 2.24. The first kappa shape index (κ1) is 23.8. The Labute approximate surface area is 194 Å². The van der Waals surface area contributed by atoms with Crippen LogP contribution in [-0.4, -0.2) is 35.9 Å². The van der Waals surface area contributed by atoms with Gasteiger partial charge in [0, 0.05) is 26.7 Å². The Morgan fingerprint density at radius 3 is 2.41 bits per heavy atom. The van der Waals surface area contributed by atoms with Gasteiger partial charge < -0.3 is 15.0 Å². The number of benzene rings is 2. The highest BCUT2D eigenvalue weighted by molar-refractivity contribution is 14.1. The van der Waals surface area contributed by atoms with E-state index in [1.807, 2.05) is 26.0 Å². The van der Waals surface area contributed by atoms with Crippen molar-refractivity contribution in [2.75, 3.05) is 13.2 Å². The van der Waals surface area contributed by atoms with Crippen LogP contribution in [0, 0.1) is 3.57 Å². The van der Waals surface area contributed by atoms with Gasteiger partial charge in [0.1, 0.15) is 11.8 Å². The minimum absolute atomic E-state index is 0.179. The predicted molar refractivity (Wildman–Crippen MR) is 124 cm³/mol. The van der Waals surface area contributed by atoms with Gasteiger partial charge in [0.15, 0.2) is 6.61 Å². The lowest BCUT2D eigenvalue weighted by Gasteiger charge is -2.30. The number of rotatable bonds is 9. The summed E-state index contributed by atoms with van der Waals surface area (Å²) >= 11 is 14.5. The standard InChI is InChI=1S/C21H23Cl2IN2O3/c1-3-19(21(28)25-4-2)26(12-14-5-6-15(22)11-18(14)23)20(27)13-29-17-9-7-16(24)8-10-17/h5-11,19H,3-4,12-13H2,1-2H3,(H,25,28)/t19-/m0/s1. The second-order valence-corrected chi connectivity index (χ2v) is 8.41. The molecule has 0 saturated carbocycles. The number of likely N-dealkylation sites (N-methyl/N-ethyl adjacent to an activating group) is 1. The van der Waals surface area contributed by atoms with Crippen LogP contribution in [0.15, 0.2) is 42.5 Å². The molecule has 5 nitrogen and oxygen atoms in total. The maximum Gasteiger partial charge on any atom is 0.261 e. The van der Waals surface area contributed by atoms with Gasteiger partial charge in [0.2, 0.25) is 5.91 Å². The van der Waals surface area contributed by atoms with Gasteiger partial charge in [-0.1, -0.05) is 36.2 Å². The number of carbonyl (C=O) groups is 2. The molecule has 0 fully saturated rings. The summed E-state index contributed by atoms with van der Waals surface area (Å²) in [5.41, 5.74) is 0.710. The molecular weight excluding hydrogens is 526 g/mol. The van der Waals surface area contributed by atoms with Gasteiger partial charge >= 0.3 is 0 Å². The van der Waals surface area contributed by atoms with Gasteiger partial charge in [-0.05, 0) is 77.9 Å². The molecule has 2 amide bonds. The number of nitrogens with one attached hydrogen (secondary N) is 1. The van der Waals surface area contributed by atoms with Gasteiger partial charge in [-0.2, -0.15) is 0 Å². The largest absolute Gasteiger partial charge is 0.484 e. The topological polar surface area (TPSA) is 58.6 Å². The lowest BCUT2D eigenvalue weighted by molar-refractivity contribution is -0.142. The number of halogens is 3. The van der Waals surface area contributed by atoms with Crippen LogP contribution in [-0.2, 0) is 16.1 Å². The molecule has 0 aliphatic heterocycles. The molecule has 0 saturated heterocycles. The molecule has 0 aliphatic rings. The van der Waals surface area contributed by atoms with E-state index in [0.717, 1.165) is 3.57 Å². The van der Waals surface area contributed by atoms with E-state index >= 15 is 0 Å². The first-order valence-electron chi connectivity index (χ1n) is 9.25. The Hall–Kier alpha value is -1.51. The van der Waals surface area contributed by atoms with Crippen LogP contribution in [0.3, 0.4) is 0 Å². The average Bonchev–Trinajstić information content (AvgIpc) is 2.69. The SMILES string of the molecule is CCNC(=O)[C@H](CC)N(Cc1ccc(Cl)cc1Cl)C(=O)COc1ccc(I)cc1. The van der Waals surface area contributed by atoms with Gasteiger partial charge in [0.25, 0.3) is 5.91 Å². The zero-order valence-electron chi connectivity index (χ0n) is 16.3. The van der Waals surface area contributed by atoms with Gasteiger partial charge in [0.05, 0.1) is 0 Å². The van der Waals surface area contributed by atoms with Crippen molar-refractivity contribution in [2.45, 2.75) is 32.9 Å². The summed E-state index contributed by atoms with van der Waals surface area (Å²) in [6.07, 6.45) is 0.465. The van der Waals surface area contributed by atoms with Crippen LogP contribution in [0.4, 0.5) is 0 Å². The molecule has 0 aliphatic carbocycles. The van der Waals surface area contributed by atoms with Crippen LogP contribution < -0.4 is 10.1 Å². The van der Waals surface area contributed by atoms with E-state index < -0.39 is 6.04 Å². The minimum Gasteiger partial charge on any atom is -0.484 e. The van der Waals surface area contributed by atoms with E-state index in [1.54, 1.807) is 30.3 Å². The fourth-order valence-electron chi connectivity index (χ4n) is 2.80. The van der Waals surface area contributed by atoms with Gasteiger partial charge in [-0.15, -0.1) is 0 Å². The van der Waals surface area contributed by atoms with Crippen molar-refractivity contribution < 1.29 is 14.3 Å². The minimum atomic E-state index is -0.630. The lowest BCUT2D eigenvalue weighted by atomic mass is 10.1. The molecular formula is C21H23Cl2IN2O3. The van der Waals surface area contributed by atoms with E-state index in [1.165, 1.54) is 4.90 Å². The third-order valence-electron chi connectivity index (χ3n) is 4.27. The summed E-state index contributed by atoms with van der Waals surface area (Å²) in [6.45, 7) is 4.19. The third kappa shape index (κ3) is 7.04. The Morgan fingerprint density at radius 2 is 1.83 bits per heavy atom. The maximum absolute atomic E-state index is 13.0. The van der Waals surface area contributed by atoms with Crippen molar-refractivity contribution in [3.63, 3.8) is 0 Å². The third-order valence-corrected chi connectivity index (χ3v) is 5.57. The molecule has 1 atom stereocenters. The summed E-state index contributed by atoms with van der Waals surface area (Å²) in [5.74, 6) is 0.0877. The van der Waals surface area contributed by atoms with Crippen molar-refractivity contribution in [1.82, 2.24) is 10.2 Å². The molecule has 0 radical (unpaired) electrons. The summed E-state index contributed by atoms with van der Waals surface area (Å²) < 4.78 is 6.72. The first-order chi connectivity index (χ1) is 13.8. The monoisotopic (exact) mass is 548 g/mol. The zero-order valence-corrected chi connectivity index (χ0v) is 19.9. The van der Waals surface area contributed by atoms with Gasteiger partial charge in [-0.25, -0.2) is 0 Å². The Kier molecular flexibility index (Phi) is 9.52. The Balaban J connectivity index is 2.22. The number of nitrogens with zero attached hydrogens (tertiary/aromatic N) is 1. The molecule has 0 spiro atoms. The molecule has 2 rings (SSSR count). The van der Waals surface area contributed by atoms with Gasteiger partial charge in [-0.3, -0.25) is 9.59 Å². The van der Waals surface area contributed by atoms with E-state index in [2.05, 4.69) is 27.9 Å². The van der Waals surface area contributed by atoms with E-state index in [-0.39, 0.29) is 25.0 Å². The zero-order chi connectivity index (χ0) is 21.4. The summed E-state index contributed by atoms with van der Waals surface area (Å²) in [7, 11) is 0. The van der Waals surface area contributed by atoms with Crippen LogP contribution in [0.5, 0.6) is 5.75 Å². The highest BCUT2D eigenvalue weighted by atomic mass is 127. The molecule has 0 heterocycles. The summed E-state index contributed by atoms with van der Waals surface area (Å²) in [5, 5.41) is 3.75. The van der Waals surface area contributed by atoms with E-state index in [4.69, 9.17) is 27.9 Å². The van der Waals surface area contributed by atoms with Crippen molar-refractivity contribution in [3.8, 4) is 5.75 Å². The fourth-order valence-corrected chi connectivity index (χ4v) is 3.63. The quantitative estimate of drug-likeness (QED) is 0.452. The van der Waals surface area contributed by atoms with Crippen molar-refractivity contribution in [3.05, 3.63) is 61.6 Å². The normalized spacial score (nSPS) is 11.6. The van der Waals surface area contributed by atoms with Crippen molar-refractivity contribution in [1.29, 1.82) is 0 Å². The molecule has 2 aromatic rings. The summed E-state index contributed by atoms with van der Waals surface area (Å²) in [6, 6.07) is 11.9. The molecule has 156 valence electrons. The Bertz CT molecular complexity index is 846. The number of hydrogen-bond donors (Lipinski definition) is 1. The molecule has 1 N–H and O–H groups in total. The van der Waals surface area contributed by atoms with Crippen molar-refractivity contribution in [2.24, 2.45) is 0 Å². The number of carbonyl (C=O) groups excluding carboxylic acids is 2. The second-order valence-electron chi connectivity index (χ2n) is 6.32. The first-order valence-corrected chi connectivity index (χ1v) is 11.1. The maximum atomic E-state index is 13.0. The van der Waals surface area contributed by atoms with Crippen LogP contribution >= 0.6 is 45.8 Å². The predicted octanol–water partition coefficient (Wildman–Crippen LogP) is 4.92. The van der Waals surface area contributed by atoms with E-state index in [9.17, 15) is 9.59 Å². The molecule has 8 heteroatoms. The molecule has 0 bridgehead atoms. The smallest absolute Gasteiger partial charge is 0.261 e. The Morgan fingerprint density at radius 1 is 1.14 bits per heavy atom. The van der Waals surface area contributed by atoms with Crippen LogP contribution in [0.25, 0.3) is 0 Å². The van der Waals surface area contributed by atoms with Crippen LogP contribution in [0.2, 0.25) is 10.0 Å². The number of amides is 2. The highest BCUT2D eigenvalue weighted by Gasteiger charge is 2.29. The molecule has 0 unspecified atom stereocenters. The molecule has 29 heavy (non-hydrogen) atoms. The molecule has 0 aromatic heterocycles. The summed E-state index contributed by atoms with van der Waals surface area (Å²) in [4.78, 5) is 27.1. The van der Waals surface area contributed by atoms with E-state index in [0.29, 0.717) is 34.3 Å². The molecule has 2 aromatic carbocycles. The van der Waals surface area contributed by atoms with Crippen LogP contribution in [0.1, 0.15) is 25.8 Å². The number of hydrogen-bond acceptors (Lipinski definition) is 3. The number of ether oxygens (including phenoxy) is 1. The fraction of sp³-hybridized carbons (Fsp3) is 0.333.